The highest BCUT2D eigenvalue weighted by Crippen LogP contribution is 2.41. The zero-order chi connectivity index (χ0) is 39.1. The number of rotatable bonds is 7. The highest BCUT2D eigenvalue weighted by atomic mass is 15.0. The normalized spacial score (nSPS) is 11.4. The second-order valence-electron chi connectivity index (χ2n) is 15.0. The van der Waals surface area contributed by atoms with Crippen LogP contribution in [0.5, 0.6) is 0 Å². The lowest BCUT2D eigenvalue weighted by Gasteiger charge is -2.16. The average molecular weight is 752 g/mol. The maximum absolute atomic E-state index is 5.21. The maximum Gasteiger partial charge on any atom is 0.137 e. The van der Waals surface area contributed by atoms with E-state index in [0.29, 0.717) is 0 Å². The minimum Gasteiger partial charge on any atom is -0.299 e. The molecule has 0 radical (unpaired) electrons. The number of fused-ring (bicyclic) bond motifs is 4. The number of hydrogen-bond acceptors (Lipinski definition) is 2. The maximum atomic E-state index is 5.21. The quantitative estimate of drug-likeness (QED) is 0.152. The van der Waals surface area contributed by atoms with E-state index < -0.39 is 0 Å². The second kappa shape index (κ2) is 14.6. The Kier molecular flexibility index (Phi) is 8.49. The minimum atomic E-state index is 0.924. The number of aromatic nitrogens is 3. The summed E-state index contributed by atoms with van der Waals surface area (Å²) in [5.74, 6) is 0. The van der Waals surface area contributed by atoms with Crippen molar-refractivity contribution in [2.24, 2.45) is 0 Å². The van der Waals surface area contributed by atoms with E-state index in [9.17, 15) is 0 Å². The first-order chi connectivity index (χ1) is 29.2. The first-order valence-corrected chi connectivity index (χ1v) is 20.1. The summed E-state index contributed by atoms with van der Waals surface area (Å²) in [7, 11) is 0. The van der Waals surface area contributed by atoms with E-state index in [-0.39, 0.29) is 0 Å². The Hall–Kier alpha value is -7.88. The molecule has 0 fully saturated rings. The van der Waals surface area contributed by atoms with Crippen molar-refractivity contribution >= 4 is 27.2 Å². The Bertz CT molecular complexity index is 3240. The molecular formula is C56H37N3. The summed E-state index contributed by atoms with van der Waals surface area (Å²) < 4.78 is 2.18. The number of nitrogens with zero attached hydrogens (tertiary/aromatic N) is 3. The summed E-state index contributed by atoms with van der Waals surface area (Å²) in [6.07, 6.45) is 2.09. The van der Waals surface area contributed by atoms with Gasteiger partial charge in [-0.15, -0.1) is 0 Å². The summed E-state index contributed by atoms with van der Waals surface area (Å²) in [4.78, 5) is 10.4. The Morgan fingerprint density at radius 3 is 1.49 bits per heavy atom. The smallest absolute Gasteiger partial charge is 0.137 e. The fraction of sp³-hybridized carbons (Fsp3) is 0. The van der Waals surface area contributed by atoms with Crippen LogP contribution in [-0.4, -0.2) is 14.4 Å². The molecule has 0 saturated heterocycles. The molecule has 0 unspecified atom stereocenters. The highest BCUT2D eigenvalue weighted by molar-refractivity contribution is 6.14. The summed E-state index contributed by atoms with van der Waals surface area (Å²) >= 11 is 0. The lowest BCUT2D eigenvalue weighted by molar-refractivity contribution is 1.19. The van der Waals surface area contributed by atoms with Crippen LogP contribution in [0.15, 0.2) is 225 Å². The standard InChI is InChI=1S/C56H37N3/c1-4-16-39(17-5-1)52-36-46(37-53(57-52)40-18-6-2-7-19-40)45-32-44(33-47(34-45)51-35-43-22-10-11-23-48(43)49-24-12-13-25-50(49)51)38-27-29-41(30-28-38)55-56(42-20-8-3-9-21-42)59-31-15-14-26-54(59)58-55/h1-37H. The molecule has 0 atom stereocenters. The van der Waals surface area contributed by atoms with E-state index in [1.54, 1.807) is 0 Å². The Balaban J connectivity index is 1.12. The summed E-state index contributed by atoms with van der Waals surface area (Å²) in [6.45, 7) is 0. The van der Waals surface area contributed by atoms with Gasteiger partial charge < -0.3 is 0 Å². The molecule has 3 heterocycles. The predicted molar refractivity (Wildman–Crippen MR) is 246 cm³/mol. The van der Waals surface area contributed by atoms with E-state index in [4.69, 9.17) is 9.97 Å². The van der Waals surface area contributed by atoms with Crippen molar-refractivity contribution in [2.45, 2.75) is 0 Å². The summed E-state index contributed by atoms with van der Waals surface area (Å²) in [5.41, 5.74) is 16.1. The summed E-state index contributed by atoms with van der Waals surface area (Å²) in [5, 5.41) is 4.96. The minimum absolute atomic E-state index is 0.924. The van der Waals surface area contributed by atoms with Gasteiger partial charge in [0.2, 0.25) is 0 Å². The molecule has 0 saturated carbocycles. The van der Waals surface area contributed by atoms with Crippen LogP contribution in [0.25, 0.3) is 106 Å². The van der Waals surface area contributed by atoms with Crippen molar-refractivity contribution in [1.82, 2.24) is 14.4 Å². The monoisotopic (exact) mass is 751 g/mol. The third-order valence-electron chi connectivity index (χ3n) is 11.4. The molecule has 3 aromatic heterocycles. The molecule has 276 valence electrons. The number of imidazole rings is 1. The van der Waals surface area contributed by atoms with Crippen molar-refractivity contribution in [1.29, 1.82) is 0 Å². The molecule has 59 heavy (non-hydrogen) atoms. The zero-order valence-corrected chi connectivity index (χ0v) is 32.2. The average Bonchev–Trinajstić information content (AvgIpc) is 3.72. The first kappa shape index (κ1) is 34.4. The second-order valence-corrected chi connectivity index (χ2v) is 15.0. The topological polar surface area (TPSA) is 30.2 Å². The third-order valence-corrected chi connectivity index (χ3v) is 11.4. The van der Waals surface area contributed by atoms with E-state index >= 15 is 0 Å². The van der Waals surface area contributed by atoms with Crippen molar-refractivity contribution in [3.05, 3.63) is 225 Å². The molecule has 0 bridgehead atoms. The van der Waals surface area contributed by atoms with Gasteiger partial charge >= 0.3 is 0 Å². The van der Waals surface area contributed by atoms with Crippen molar-refractivity contribution < 1.29 is 0 Å². The molecule has 8 aromatic carbocycles. The van der Waals surface area contributed by atoms with Gasteiger partial charge in [0.15, 0.2) is 0 Å². The van der Waals surface area contributed by atoms with E-state index in [1.165, 1.54) is 27.1 Å². The molecule has 0 aliphatic heterocycles. The molecule has 0 amide bonds. The van der Waals surface area contributed by atoms with Crippen LogP contribution < -0.4 is 0 Å². The largest absolute Gasteiger partial charge is 0.299 e. The van der Waals surface area contributed by atoms with Gasteiger partial charge in [0.05, 0.1) is 22.8 Å². The Morgan fingerprint density at radius 2 is 0.814 bits per heavy atom. The van der Waals surface area contributed by atoms with Crippen LogP contribution in [0, 0.1) is 0 Å². The summed E-state index contributed by atoms with van der Waals surface area (Å²) in [6, 6.07) is 78.0. The Labute approximate surface area is 343 Å². The third kappa shape index (κ3) is 6.36. The predicted octanol–water partition coefficient (Wildman–Crippen LogP) is 14.7. The van der Waals surface area contributed by atoms with Gasteiger partial charge in [0, 0.05) is 28.5 Å². The van der Waals surface area contributed by atoms with Gasteiger partial charge in [0.1, 0.15) is 5.65 Å². The van der Waals surface area contributed by atoms with Crippen LogP contribution in [0.4, 0.5) is 0 Å². The number of pyridine rings is 2. The van der Waals surface area contributed by atoms with Gasteiger partial charge in [-0.1, -0.05) is 170 Å². The van der Waals surface area contributed by atoms with Gasteiger partial charge in [-0.2, -0.15) is 0 Å². The van der Waals surface area contributed by atoms with E-state index in [1.807, 2.05) is 6.07 Å². The zero-order valence-electron chi connectivity index (χ0n) is 32.2. The number of benzene rings is 8. The molecule has 3 nitrogen and oxygen atoms in total. The molecule has 3 heteroatoms. The van der Waals surface area contributed by atoms with Crippen molar-refractivity contribution in [3.8, 4) is 78.4 Å². The molecule has 0 spiro atoms. The Morgan fingerprint density at radius 1 is 0.305 bits per heavy atom. The van der Waals surface area contributed by atoms with Gasteiger partial charge in [-0.25, -0.2) is 9.97 Å². The van der Waals surface area contributed by atoms with Gasteiger partial charge in [0.25, 0.3) is 0 Å². The van der Waals surface area contributed by atoms with Gasteiger partial charge in [-0.3, -0.25) is 4.40 Å². The van der Waals surface area contributed by atoms with Crippen LogP contribution >= 0.6 is 0 Å². The SMILES string of the molecule is c1ccc(-c2cc(-c3cc(-c4ccc(-c5nc6ccccn6c5-c5ccccc5)cc4)cc(-c4cc5ccccc5c5ccccc45)c3)cc(-c3ccccc3)n2)cc1. The highest BCUT2D eigenvalue weighted by Gasteiger charge is 2.18. The van der Waals surface area contributed by atoms with Crippen LogP contribution in [0.3, 0.4) is 0 Å². The van der Waals surface area contributed by atoms with Crippen LogP contribution in [0.1, 0.15) is 0 Å². The molecular weight excluding hydrogens is 715 g/mol. The van der Waals surface area contributed by atoms with E-state index in [0.717, 1.165) is 78.5 Å². The van der Waals surface area contributed by atoms with Crippen LogP contribution in [0.2, 0.25) is 0 Å². The van der Waals surface area contributed by atoms with Crippen molar-refractivity contribution in [2.75, 3.05) is 0 Å². The lowest BCUT2D eigenvalue weighted by Crippen LogP contribution is -1.93. The number of hydrogen-bond donors (Lipinski definition) is 0. The molecule has 11 rings (SSSR count). The molecule has 0 aliphatic rings. The molecule has 0 aliphatic carbocycles. The first-order valence-electron chi connectivity index (χ1n) is 20.1. The van der Waals surface area contributed by atoms with Crippen LogP contribution in [-0.2, 0) is 0 Å². The lowest BCUT2D eigenvalue weighted by atomic mass is 9.89. The van der Waals surface area contributed by atoms with Crippen molar-refractivity contribution in [3.63, 3.8) is 0 Å². The van der Waals surface area contributed by atoms with E-state index in [2.05, 4.69) is 223 Å². The molecule has 11 aromatic rings. The molecule has 0 N–H and O–H groups in total. The van der Waals surface area contributed by atoms with Gasteiger partial charge in [-0.05, 0) is 103 Å². The fourth-order valence-corrected chi connectivity index (χ4v) is 8.51. The fourth-order valence-electron chi connectivity index (χ4n) is 8.51.